The third-order valence-electron chi connectivity index (χ3n) is 2.29. The first-order valence-electron chi connectivity index (χ1n) is 5.36. The summed E-state index contributed by atoms with van der Waals surface area (Å²) in [6, 6.07) is 1.54. The Morgan fingerprint density at radius 2 is 2.18 bits per heavy atom. The third-order valence-corrected chi connectivity index (χ3v) is 3.23. The number of pyridine rings is 1. The molecule has 0 bridgehead atoms. The minimum absolute atomic E-state index is 0.0513. The van der Waals surface area contributed by atoms with Crippen molar-refractivity contribution in [3.05, 3.63) is 24.0 Å². The lowest BCUT2D eigenvalue weighted by molar-refractivity contribution is 0.411. The summed E-state index contributed by atoms with van der Waals surface area (Å²) < 4.78 is 27.8. The van der Waals surface area contributed by atoms with Crippen LogP contribution in [0.15, 0.2) is 18.5 Å². The van der Waals surface area contributed by atoms with E-state index in [1.54, 1.807) is 25.6 Å². The second kappa shape index (κ2) is 5.97. The van der Waals surface area contributed by atoms with Crippen molar-refractivity contribution in [1.29, 1.82) is 0 Å². The average molecular weight is 258 g/mol. The first kappa shape index (κ1) is 13.9. The third kappa shape index (κ3) is 4.70. The number of sulfone groups is 1. The van der Waals surface area contributed by atoms with Gasteiger partial charge in [0, 0.05) is 18.5 Å². The molecular formula is C11H18N2O3S. The first-order chi connectivity index (χ1) is 7.96. The Morgan fingerprint density at radius 1 is 1.47 bits per heavy atom. The monoisotopic (exact) mass is 258 g/mol. The maximum atomic E-state index is 11.4. The summed E-state index contributed by atoms with van der Waals surface area (Å²) in [4.78, 5) is 4.03. The van der Waals surface area contributed by atoms with Gasteiger partial charge >= 0.3 is 0 Å². The number of nitrogens with zero attached hydrogens (tertiary/aromatic N) is 1. The van der Waals surface area contributed by atoms with E-state index in [2.05, 4.69) is 10.3 Å². The molecule has 17 heavy (non-hydrogen) atoms. The van der Waals surface area contributed by atoms with E-state index in [-0.39, 0.29) is 11.8 Å². The molecule has 0 radical (unpaired) electrons. The van der Waals surface area contributed by atoms with Gasteiger partial charge in [-0.05, 0) is 18.2 Å². The van der Waals surface area contributed by atoms with Gasteiger partial charge in [-0.1, -0.05) is 6.92 Å². The Hall–Kier alpha value is -1.14. The van der Waals surface area contributed by atoms with Gasteiger partial charge < -0.3 is 10.1 Å². The highest BCUT2D eigenvalue weighted by Crippen LogP contribution is 2.18. The molecule has 1 N–H and O–H groups in total. The van der Waals surface area contributed by atoms with Crippen molar-refractivity contribution in [2.45, 2.75) is 13.0 Å². The van der Waals surface area contributed by atoms with Crippen LogP contribution in [0.25, 0.3) is 0 Å². The summed E-state index contributed by atoms with van der Waals surface area (Å²) in [6.07, 6.45) is 4.47. The molecule has 1 aromatic rings. The van der Waals surface area contributed by atoms with Gasteiger partial charge in [0.25, 0.3) is 0 Å². The van der Waals surface area contributed by atoms with E-state index >= 15 is 0 Å². The molecule has 1 heterocycles. The molecule has 5 nitrogen and oxygen atoms in total. The summed E-state index contributed by atoms with van der Waals surface area (Å²) in [5.41, 5.74) is 0.816. The van der Waals surface area contributed by atoms with Crippen LogP contribution in [0, 0.1) is 0 Å². The molecule has 1 rings (SSSR count). The minimum Gasteiger partial charge on any atom is -0.495 e. The van der Waals surface area contributed by atoms with Crippen molar-refractivity contribution in [3.8, 4) is 5.75 Å². The van der Waals surface area contributed by atoms with Gasteiger partial charge in [0.2, 0.25) is 0 Å². The number of hydrogen-bond acceptors (Lipinski definition) is 5. The van der Waals surface area contributed by atoms with Crippen LogP contribution < -0.4 is 10.1 Å². The molecule has 0 amide bonds. The van der Waals surface area contributed by atoms with Crippen molar-refractivity contribution >= 4 is 9.84 Å². The van der Waals surface area contributed by atoms with Crippen molar-refractivity contribution < 1.29 is 13.2 Å². The van der Waals surface area contributed by atoms with E-state index in [1.807, 2.05) is 6.92 Å². The van der Waals surface area contributed by atoms with E-state index in [1.165, 1.54) is 6.26 Å². The van der Waals surface area contributed by atoms with Crippen molar-refractivity contribution in [3.63, 3.8) is 0 Å². The Bertz CT molecular complexity index is 460. The number of ether oxygens (including phenoxy) is 1. The highest BCUT2D eigenvalue weighted by Gasteiger charge is 2.17. The van der Waals surface area contributed by atoms with Crippen molar-refractivity contribution in [2.24, 2.45) is 0 Å². The van der Waals surface area contributed by atoms with Gasteiger partial charge in [-0.3, -0.25) is 4.98 Å². The zero-order chi connectivity index (χ0) is 12.9. The summed E-state index contributed by atoms with van der Waals surface area (Å²) in [6.45, 7) is 2.63. The molecular weight excluding hydrogens is 240 g/mol. The Labute approximate surface area is 102 Å². The van der Waals surface area contributed by atoms with Crippen LogP contribution >= 0.6 is 0 Å². The Kier molecular flexibility index (Phi) is 4.89. The van der Waals surface area contributed by atoms with Crippen LogP contribution in [0.3, 0.4) is 0 Å². The smallest absolute Gasteiger partial charge is 0.149 e. The zero-order valence-corrected chi connectivity index (χ0v) is 11.1. The van der Waals surface area contributed by atoms with E-state index in [4.69, 9.17) is 4.74 Å². The maximum Gasteiger partial charge on any atom is 0.149 e. The van der Waals surface area contributed by atoms with Gasteiger partial charge in [-0.25, -0.2) is 8.42 Å². The second-order valence-corrected chi connectivity index (χ2v) is 6.05. The van der Waals surface area contributed by atoms with Gasteiger partial charge in [-0.2, -0.15) is 0 Å². The number of nitrogens with one attached hydrogen (secondary N) is 1. The van der Waals surface area contributed by atoms with Crippen molar-refractivity contribution in [1.82, 2.24) is 10.3 Å². The number of methoxy groups -OCH3 is 1. The predicted octanol–water partition coefficient (Wildman–Crippen LogP) is 0.785. The Morgan fingerprint density at radius 3 is 2.71 bits per heavy atom. The van der Waals surface area contributed by atoms with Gasteiger partial charge in [0.15, 0.2) is 0 Å². The van der Waals surface area contributed by atoms with E-state index in [0.29, 0.717) is 12.3 Å². The summed E-state index contributed by atoms with van der Waals surface area (Å²) in [5, 5.41) is 3.13. The average Bonchev–Trinajstić information content (AvgIpc) is 2.27. The number of aromatic nitrogens is 1. The van der Waals surface area contributed by atoms with Crippen LogP contribution in [0.5, 0.6) is 5.75 Å². The van der Waals surface area contributed by atoms with E-state index < -0.39 is 9.84 Å². The standard InChI is InChI=1S/C11H18N2O3S/c1-4-13-11(8-17(3,14)15)9-5-10(16-2)7-12-6-9/h5-7,11,13H,4,8H2,1-3H3. The molecule has 6 heteroatoms. The fraction of sp³-hybridized carbons (Fsp3) is 0.545. The summed E-state index contributed by atoms with van der Waals surface area (Å²) in [5.74, 6) is 0.675. The van der Waals surface area contributed by atoms with Gasteiger partial charge in [-0.15, -0.1) is 0 Å². The van der Waals surface area contributed by atoms with Crippen LogP contribution in [0.2, 0.25) is 0 Å². The first-order valence-corrected chi connectivity index (χ1v) is 7.42. The van der Waals surface area contributed by atoms with Crippen molar-refractivity contribution in [2.75, 3.05) is 25.7 Å². The normalized spacial score (nSPS) is 13.4. The Balaban J connectivity index is 2.96. The fourth-order valence-corrected chi connectivity index (χ4v) is 2.48. The molecule has 0 aliphatic rings. The minimum atomic E-state index is -3.04. The van der Waals surface area contributed by atoms with Gasteiger partial charge in [0.1, 0.15) is 15.6 Å². The molecule has 0 fully saturated rings. The predicted molar refractivity (Wildman–Crippen MR) is 66.9 cm³/mol. The van der Waals surface area contributed by atoms with E-state index in [9.17, 15) is 8.42 Å². The SMILES string of the molecule is CCNC(CS(C)(=O)=O)c1cncc(OC)c1. The van der Waals surface area contributed by atoms with Crippen LogP contribution in [0.4, 0.5) is 0 Å². The molecule has 1 aromatic heterocycles. The quantitative estimate of drug-likeness (QED) is 0.817. The molecule has 0 aliphatic heterocycles. The molecule has 0 spiro atoms. The highest BCUT2D eigenvalue weighted by atomic mass is 32.2. The lowest BCUT2D eigenvalue weighted by Crippen LogP contribution is -2.27. The highest BCUT2D eigenvalue weighted by molar-refractivity contribution is 7.90. The van der Waals surface area contributed by atoms with Crippen LogP contribution in [0.1, 0.15) is 18.5 Å². The second-order valence-electron chi connectivity index (χ2n) is 3.86. The molecule has 0 saturated carbocycles. The van der Waals surface area contributed by atoms with Gasteiger partial charge in [0.05, 0.1) is 19.1 Å². The molecule has 96 valence electrons. The lowest BCUT2D eigenvalue weighted by Gasteiger charge is -2.17. The van der Waals surface area contributed by atoms with Crippen LogP contribution in [-0.2, 0) is 9.84 Å². The molecule has 0 saturated heterocycles. The molecule has 0 aromatic carbocycles. The summed E-state index contributed by atoms with van der Waals surface area (Å²) in [7, 11) is -1.49. The number of rotatable bonds is 6. The maximum absolute atomic E-state index is 11.4. The lowest BCUT2D eigenvalue weighted by atomic mass is 10.1. The van der Waals surface area contributed by atoms with E-state index in [0.717, 1.165) is 5.56 Å². The molecule has 0 aliphatic carbocycles. The van der Waals surface area contributed by atoms with Crippen LogP contribution in [-0.4, -0.2) is 39.1 Å². The number of hydrogen-bond donors (Lipinski definition) is 1. The topological polar surface area (TPSA) is 68.3 Å². The fourth-order valence-electron chi connectivity index (χ4n) is 1.56. The zero-order valence-electron chi connectivity index (χ0n) is 10.3. The largest absolute Gasteiger partial charge is 0.495 e. The summed E-state index contributed by atoms with van der Waals surface area (Å²) >= 11 is 0. The molecule has 1 atom stereocenters. The molecule has 1 unspecified atom stereocenters.